The number of hydrogen-bond acceptors (Lipinski definition) is 4. The molecule has 13 heavy (non-hydrogen) atoms. The van der Waals surface area contributed by atoms with Gasteiger partial charge in [-0.25, -0.2) is 0 Å². The molecular formula is C9H17NO3. The summed E-state index contributed by atoms with van der Waals surface area (Å²) in [5, 5.41) is 9.42. The fourth-order valence-corrected chi connectivity index (χ4v) is 1.55. The van der Waals surface area contributed by atoms with Crippen LogP contribution in [-0.4, -0.2) is 29.3 Å². The minimum atomic E-state index is -0.525. The molecule has 0 aromatic carbocycles. The van der Waals surface area contributed by atoms with Crippen LogP contribution in [-0.2, 0) is 9.53 Å². The number of hydrogen-bond donors (Lipinski definition) is 2. The molecule has 76 valence electrons. The van der Waals surface area contributed by atoms with Gasteiger partial charge in [-0.15, -0.1) is 0 Å². The number of aliphatic hydroxyl groups is 1. The Kier molecular flexibility index (Phi) is 3.69. The SMILES string of the molecule is CCC(=O)OC1CCCC(O)C1N. The van der Waals surface area contributed by atoms with Crippen LogP contribution in [0.3, 0.4) is 0 Å². The zero-order valence-electron chi connectivity index (χ0n) is 7.90. The Hall–Kier alpha value is -0.610. The summed E-state index contributed by atoms with van der Waals surface area (Å²) < 4.78 is 5.10. The minimum absolute atomic E-state index is 0.241. The molecule has 0 bridgehead atoms. The van der Waals surface area contributed by atoms with Gasteiger partial charge in [0.15, 0.2) is 0 Å². The molecular weight excluding hydrogens is 170 g/mol. The fraction of sp³-hybridized carbons (Fsp3) is 0.889. The second kappa shape index (κ2) is 4.58. The van der Waals surface area contributed by atoms with Gasteiger partial charge in [0.2, 0.25) is 0 Å². The lowest BCUT2D eigenvalue weighted by Crippen LogP contribution is -2.49. The number of ether oxygens (including phenoxy) is 1. The summed E-state index contributed by atoms with van der Waals surface area (Å²) in [5.74, 6) is -0.241. The molecule has 0 spiro atoms. The largest absolute Gasteiger partial charge is 0.461 e. The smallest absolute Gasteiger partial charge is 0.305 e. The van der Waals surface area contributed by atoms with Crippen LogP contribution in [0.25, 0.3) is 0 Å². The van der Waals surface area contributed by atoms with Gasteiger partial charge in [-0.2, -0.15) is 0 Å². The normalized spacial score (nSPS) is 34.2. The number of rotatable bonds is 2. The van der Waals surface area contributed by atoms with Gasteiger partial charge in [-0.05, 0) is 19.3 Å². The molecule has 3 unspecified atom stereocenters. The molecule has 1 fully saturated rings. The molecule has 4 heteroatoms. The predicted octanol–water partition coefficient (Wildman–Crippen LogP) is 0.180. The van der Waals surface area contributed by atoms with Gasteiger partial charge in [0.1, 0.15) is 6.10 Å². The first-order valence-corrected chi connectivity index (χ1v) is 4.78. The average Bonchev–Trinajstić information content (AvgIpc) is 2.13. The number of nitrogens with two attached hydrogens (primary N) is 1. The molecule has 0 heterocycles. The lowest BCUT2D eigenvalue weighted by Gasteiger charge is -2.32. The highest BCUT2D eigenvalue weighted by molar-refractivity contribution is 5.69. The number of esters is 1. The van der Waals surface area contributed by atoms with Crippen molar-refractivity contribution in [3.05, 3.63) is 0 Å². The summed E-state index contributed by atoms with van der Waals surface area (Å²) in [6.45, 7) is 1.74. The van der Waals surface area contributed by atoms with Crippen molar-refractivity contribution in [1.82, 2.24) is 0 Å². The first kappa shape index (κ1) is 10.5. The molecule has 1 aliphatic carbocycles. The first-order valence-electron chi connectivity index (χ1n) is 4.78. The van der Waals surface area contributed by atoms with E-state index in [-0.39, 0.29) is 12.1 Å². The van der Waals surface area contributed by atoms with Gasteiger partial charge >= 0.3 is 5.97 Å². The Morgan fingerprint density at radius 3 is 2.92 bits per heavy atom. The molecule has 3 atom stereocenters. The molecule has 4 nitrogen and oxygen atoms in total. The molecule has 3 N–H and O–H groups in total. The Balaban J connectivity index is 2.43. The third-order valence-electron chi connectivity index (χ3n) is 2.43. The number of carbonyl (C=O) groups excluding carboxylic acids is 1. The van der Waals surface area contributed by atoms with Crippen molar-refractivity contribution in [3.8, 4) is 0 Å². The molecule has 1 saturated carbocycles. The Labute approximate surface area is 78.1 Å². The van der Waals surface area contributed by atoms with Crippen molar-refractivity contribution in [2.24, 2.45) is 5.73 Å². The Morgan fingerprint density at radius 2 is 2.31 bits per heavy atom. The van der Waals surface area contributed by atoms with Crippen molar-refractivity contribution < 1.29 is 14.6 Å². The van der Waals surface area contributed by atoms with Crippen LogP contribution >= 0.6 is 0 Å². The fourth-order valence-electron chi connectivity index (χ4n) is 1.55. The molecule has 0 saturated heterocycles. The third kappa shape index (κ3) is 2.67. The van der Waals surface area contributed by atoms with Gasteiger partial charge in [0.05, 0.1) is 12.1 Å². The lowest BCUT2D eigenvalue weighted by molar-refractivity contribution is -0.153. The van der Waals surface area contributed by atoms with E-state index in [0.717, 1.165) is 12.8 Å². The van der Waals surface area contributed by atoms with Gasteiger partial charge < -0.3 is 15.6 Å². The van der Waals surface area contributed by atoms with Gasteiger partial charge in [-0.1, -0.05) is 6.92 Å². The maximum absolute atomic E-state index is 11.0. The predicted molar refractivity (Wildman–Crippen MR) is 48.0 cm³/mol. The van der Waals surface area contributed by atoms with Crippen molar-refractivity contribution in [1.29, 1.82) is 0 Å². The van der Waals surface area contributed by atoms with E-state index in [2.05, 4.69) is 0 Å². The standard InChI is InChI=1S/C9H17NO3/c1-2-8(12)13-7-5-3-4-6(11)9(7)10/h6-7,9,11H,2-5,10H2,1H3. The van der Waals surface area contributed by atoms with E-state index in [9.17, 15) is 9.90 Å². The summed E-state index contributed by atoms with van der Waals surface area (Å²) >= 11 is 0. The summed E-state index contributed by atoms with van der Waals surface area (Å²) in [6, 6.07) is -0.413. The van der Waals surface area contributed by atoms with Crippen LogP contribution in [0.5, 0.6) is 0 Å². The second-order valence-electron chi connectivity index (χ2n) is 3.46. The number of carbonyl (C=O) groups is 1. The quantitative estimate of drug-likeness (QED) is 0.605. The van der Waals surface area contributed by atoms with E-state index >= 15 is 0 Å². The molecule has 0 radical (unpaired) electrons. The summed E-state index contributed by atoms with van der Waals surface area (Å²) in [6.07, 6.45) is 1.89. The monoisotopic (exact) mass is 187 g/mol. The highest BCUT2D eigenvalue weighted by atomic mass is 16.5. The van der Waals surface area contributed by atoms with Crippen molar-refractivity contribution in [3.63, 3.8) is 0 Å². The topological polar surface area (TPSA) is 72.5 Å². The molecule has 1 aliphatic rings. The Morgan fingerprint density at radius 1 is 1.62 bits per heavy atom. The van der Waals surface area contributed by atoms with Crippen LogP contribution in [0.4, 0.5) is 0 Å². The highest BCUT2D eigenvalue weighted by Gasteiger charge is 2.31. The van der Waals surface area contributed by atoms with Crippen molar-refractivity contribution in [2.45, 2.75) is 50.9 Å². The van der Waals surface area contributed by atoms with Crippen LogP contribution in [0, 0.1) is 0 Å². The van der Waals surface area contributed by atoms with Gasteiger partial charge in [0.25, 0.3) is 0 Å². The van der Waals surface area contributed by atoms with E-state index in [1.54, 1.807) is 6.92 Å². The zero-order valence-corrected chi connectivity index (χ0v) is 7.90. The van der Waals surface area contributed by atoms with Crippen LogP contribution in [0.2, 0.25) is 0 Å². The number of aliphatic hydroxyl groups excluding tert-OH is 1. The Bertz CT molecular complexity index is 184. The molecule has 0 amide bonds. The van der Waals surface area contributed by atoms with Crippen LogP contribution in [0.1, 0.15) is 32.6 Å². The highest BCUT2D eigenvalue weighted by Crippen LogP contribution is 2.20. The minimum Gasteiger partial charge on any atom is -0.461 e. The second-order valence-corrected chi connectivity index (χ2v) is 3.46. The average molecular weight is 187 g/mol. The van der Waals surface area contributed by atoms with Gasteiger partial charge in [-0.3, -0.25) is 4.79 Å². The molecule has 0 aliphatic heterocycles. The zero-order chi connectivity index (χ0) is 9.84. The summed E-state index contributed by atoms with van der Waals surface area (Å²) in [5.41, 5.74) is 5.70. The van der Waals surface area contributed by atoms with E-state index < -0.39 is 12.1 Å². The van der Waals surface area contributed by atoms with E-state index in [1.807, 2.05) is 0 Å². The van der Waals surface area contributed by atoms with Crippen molar-refractivity contribution in [2.75, 3.05) is 0 Å². The van der Waals surface area contributed by atoms with Crippen LogP contribution < -0.4 is 5.73 Å². The van der Waals surface area contributed by atoms with Crippen LogP contribution in [0.15, 0.2) is 0 Å². The molecule has 0 aromatic rings. The molecule has 0 aromatic heterocycles. The summed E-state index contributed by atoms with van der Waals surface area (Å²) in [4.78, 5) is 11.0. The van der Waals surface area contributed by atoms with E-state index in [1.165, 1.54) is 0 Å². The van der Waals surface area contributed by atoms with Gasteiger partial charge in [0, 0.05) is 6.42 Å². The maximum Gasteiger partial charge on any atom is 0.305 e. The maximum atomic E-state index is 11.0. The lowest BCUT2D eigenvalue weighted by atomic mass is 9.90. The van der Waals surface area contributed by atoms with E-state index in [4.69, 9.17) is 10.5 Å². The van der Waals surface area contributed by atoms with E-state index in [0.29, 0.717) is 12.8 Å². The first-order chi connectivity index (χ1) is 6.15. The summed E-state index contributed by atoms with van der Waals surface area (Å²) in [7, 11) is 0. The van der Waals surface area contributed by atoms with Crippen molar-refractivity contribution >= 4 is 5.97 Å². The molecule has 1 rings (SSSR count). The third-order valence-corrected chi connectivity index (χ3v) is 2.43.